The number of hydrogen-bond acceptors (Lipinski definition) is 5. The lowest BCUT2D eigenvalue weighted by Gasteiger charge is -2.29. The highest BCUT2D eigenvalue weighted by Gasteiger charge is 2.34. The maximum atomic E-state index is 13.8. The van der Waals surface area contributed by atoms with Crippen LogP contribution in [0.15, 0.2) is 64.4 Å². The van der Waals surface area contributed by atoms with E-state index in [2.05, 4.69) is 27.0 Å². The van der Waals surface area contributed by atoms with Crippen molar-refractivity contribution in [2.75, 3.05) is 26.7 Å². The van der Waals surface area contributed by atoms with Crippen molar-refractivity contribution in [2.24, 2.45) is 4.99 Å². The predicted molar refractivity (Wildman–Crippen MR) is 148 cm³/mol. The van der Waals surface area contributed by atoms with Crippen molar-refractivity contribution in [1.82, 2.24) is 24.2 Å². The number of imidazole rings is 1. The van der Waals surface area contributed by atoms with Gasteiger partial charge in [0.15, 0.2) is 6.29 Å². The summed E-state index contributed by atoms with van der Waals surface area (Å²) in [5.41, 5.74) is 2.19. The SMILES string of the molecule is CN1CCC(n2c(=O)[nH]c3ccccc32)CC1.O=Cc1cc(C2=CC=NCC2)n(-c2ccc(C(F)(F)F)c(F)c2)n1. The van der Waals surface area contributed by atoms with Gasteiger partial charge in [0.05, 0.1) is 28.0 Å². The molecule has 0 aliphatic carbocycles. The Morgan fingerprint density at radius 3 is 2.49 bits per heavy atom. The number of para-hydroxylation sites is 2. The van der Waals surface area contributed by atoms with Crippen LogP contribution in [0.1, 0.15) is 47.1 Å². The molecule has 12 heteroatoms. The van der Waals surface area contributed by atoms with Crippen LogP contribution in [0.2, 0.25) is 0 Å². The number of fused-ring (bicyclic) bond motifs is 1. The van der Waals surface area contributed by atoms with Gasteiger partial charge in [-0.15, -0.1) is 0 Å². The molecule has 0 atom stereocenters. The smallest absolute Gasteiger partial charge is 0.306 e. The lowest BCUT2D eigenvalue weighted by Crippen LogP contribution is -2.34. The Balaban J connectivity index is 0.000000174. The monoisotopic (exact) mass is 568 g/mol. The summed E-state index contributed by atoms with van der Waals surface area (Å²) >= 11 is 0. The van der Waals surface area contributed by atoms with Gasteiger partial charge in [-0.05, 0) is 81.4 Å². The largest absolute Gasteiger partial charge is 0.419 e. The van der Waals surface area contributed by atoms with E-state index in [9.17, 15) is 27.2 Å². The minimum absolute atomic E-state index is 0.0285. The van der Waals surface area contributed by atoms with Crippen LogP contribution in [0.25, 0.3) is 22.3 Å². The summed E-state index contributed by atoms with van der Waals surface area (Å²) in [6.07, 6.45) is 1.78. The van der Waals surface area contributed by atoms with Crippen LogP contribution in [0, 0.1) is 5.82 Å². The number of aldehydes is 1. The number of rotatable bonds is 4. The number of aliphatic imine (C=N–C) groups is 1. The standard InChI is InChI=1S/C16H11F4N3O.C13H17N3O/c17-14-8-12(1-2-13(14)16(18,19)20)23-15(7-11(9-24)22-23)10-3-5-21-6-4-10;1-15-8-6-10(7-9-15)16-12-5-3-2-4-11(12)14-13(16)17/h1-3,5,7-9H,4,6H2;2-5,10H,6-9H2,1H3,(H,14,17). The highest BCUT2D eigenvalue weighted by atomic mass is 19.4. The number of carbonyl (C=O) groups is 1. The van der Waals surface area contributed by atoms with E-state index >= 15 is 0 Å². The fraction of sp³-hybridized carbons (Fsp3) is 0.310. The zero-order chi connectivity index (χ0) is 29.1. The molecule has 0 bridgehead atoms. The fourth-order valence-electron chi connectivity index (χ4n) is 5.14. The second-order valence-electron chi connectivity index (χ2n) is 9.99. The average Bonchev–Trinajstić information content (AvgIpc) is 3.54. The summed E-state index contributed by atoms with van der Waals surface area (Å²) in [6.45, 7) is 2.68. The molecule has 41 heavy (non-hydrogen) atoms. The van der Waals surface area contributed by atoms with E-state index in [1.54, 1.807) is 12.3 Å². The van der Waals surface area contributed by atoms with Gasteiger partial charge in [0.2, 0.25) is 0 Å². The van der Waals surface area contributed by atoms with Gasteiger partial charge in [0.1, 0.15) is 11.5 Å². The first kappa shape index (κ1) is 28.2. The van der Waals surface area contributed by atoms with Crippen molar-refractivity contribution >= 4 is 29.1 Å². The third-order valence-corrected chi connectivity index (χ3v) is 7.25. The molecule has 4 aromatic rings. The van der Waals surface area contributed by atoms with Crippen molar-refractivity contribution in [3.63, 3.8) is 0 Å². The number of H-pyrrole nitrogens is 1. The van der Waals surface area contributed by atoms with E-state index < -0.39 is 17.6 Å². The van der Waals surface area contributed by atoms with Crippen LogP contribution in [-0.4, -0.2) is 63.4 Å². The van der Waals surface area contributed by atoms with E-state index in [0.29, 0.717) is 37.1 Å². The Labute approximate surface area is 232 Å². The molecule has 2 aliphatic heterocycles. The van der Waals surface area contributed by atoms with Gasteiger partial charge in [-0.3, -0.25) is 14.4 Å². The molecule has 1 saturated heterocycles. The molecule has 0 saturated carbocycles. The van der Waals surface area contributed by atoms with Crippen molar-refractivity contribution < 1.29 is 22.4 Å². The van der Waals surface area contributed by atoms with Crippen LogP contribution in [0.3, 0.4) is 0 Å². The minimum atomic E-state index is -4.77. The van der Waals surface area contributed by atoms with Gasteiger partial charge in [-0.25, -0.2) is 13.9 Å². The molecule has 8 nitrogen and oxygen atoms in total. The molecule has 4 heterocycles. The Hall–Kier alpha value is -4.32. The van der Waals surface area contributed by atoms with E-state index in [-0.39, 0.29) is 17.1 Å². The zero-order valence-electron chi connectivity index (χ0n) is 22.2. The first-order valence-corrected chi connectivity index (χ1v) is 13.1. The molecule has 6 rings (SSSR count). The highest BCUT2D eigenvalue weighted by Crippen LogP contribution is 2.33. The molecule has 0 spiro atoms. The zero-order valence-corrected chi connectivity index (χ0v) is 22.2. The lowest BCUT2D eigenvalue weighted by atomic mass is 10.1. The molecule has 2 aromatic heterocycles. The first-order valence-electron chi connectivity index (χ1n) is 13.1. The summed E-state index contributed by atoms with van der Waals surface area (Å²) < 4.78 is 55.1. The molecule has 2 aromatic carbocycles. The van der Waals surface area contributed by atoms with Crippen molar-refractivity contribution in [3.05, 3.63) is 87.9 Å². The number of nitrogens with one attached hydrogen (secondary N) is 1. The Bertz CT molecular complexity index is 1670. The number of benzene rings is 2. The van der Waals surface area contributed by atoms with Crippen LogP contribution in [-0.2, 0) is 6.18 Å². The number of aromatic amines is 1. The topological polar surface area (TPSA) is 88.3 Å². The summed E-state index contributed by atoms with van der Waals surface area (Å²) in [6, 6.07) is 12.3. The van der Waals surface area contributed by atoms with Gasteiger partial charge in [-0.2, -0.15) is 18.3 Å². The molecular weight excluding hydrogens is 540 g/mol. The quantitative estimate of drug-likeness (QED) is 0.268. The third-order valence-electron chi connectivity index (χ3n) is 7.25. The number of piperidine rings is 1. The Morgan fingerprint density at radius 1 is 1.07 bits per heavy atom. The molecule has 1 N–H and O–H groups in total. The second kappa shape index (κ2) is 11.7. The number of hydrogen-bond donors (Lipinski definition) is 1. The average molecular weight is 569 g/mol. The Morgan fingerprint density at radius 2 is 1.83 bits per heavy atom. The van der Waals surface area contributed by atoms with Crippen LogP contribution in [0.4, 0.5) is 17.6 Å². The first-order chi connectivity index (χ1) is 19.7. The number of halogens is 4. The molecule has 0 radical (unpaired) electrons. The number of aromatic nitrogens is 4. The summed E-state index contributed by atoms with van der Waals surface area (Å²) in [7, 11) is 2.13. The van der Waals surface area contributed by atoms with Crippen molar-refractivity contribution in [3.8, 4) is 5.69 Å². The van der Waals surface area contributed by atoms with Gasteiger partial charge in [0, 0.05) is 24.9 Å². The number of dihydropyridines is 1. The fourth-order valence-corrected chi connectivity index (χ4v) is 5.14. The van der Waals surface area contributed by atoms with E-state index in [1.807, 2.05) is 28.8 Å². The maximum Gasteiger partial charge on any atom is 0.419 e. The number of carbonyl (C=O) groups excluding carboxylic acids is 1. The number of likely N-dealkylation sites (tertiary alicyclic amines) is 1. The van der Waals surface area contributed by atoms with E-state index in [1.165, 1.54) is 10.7 Å². The summed E-state index contributed by atoms with van der Waals surface area (Å²) in [5.74, 6) is -1.40. The lowest BCUT2D eigenvalue weighted by molar-refractivity contribution is -0.140. The van der Waals surface area contributed by atoms with Crippen LogP contribution < -0.4 is 5.69 Å². The molecular formula is C29H28F4N6O2. The van der Waals surface area contributed by atoms with Gasteiger partial charge >= 0.3 is 11.9 Å². The summed E-state index contributed by atoms with van der Waals surface area (Å²) in [4.78, 5) is 32.3. The number of allylic oxidation sites excluding steroid dienone is 1. The molecule has 1 fully saturated rings. The number of nitrogens with zero attached hydrogens (tertiary/aromatic N) is 5. The molecule has 0 unspecified atom stereocenters. The van der Waals surface area contributed by atoms with Gasteiger partial charge in [0.25, 0.3) is 0 Å². The van der Waals surface area contributed by atoms with E-state index in [4.69, 9.17) is 0 Å². The van der Waals surface area contributed by atoms with Crippen LogP contribution >= 0.6 is 0 Å². The minimum Gasteiger partial charge on any atom is -0.306 e. The van der Waals surface area contributed by atoms with Crippen molar-refractivity contribution in [1.29, 1.82) is 0 Å². The molecule has 0 amide bonds. The molecule has 2 aliphatic rings. The van der Waals surface area contributed by atoms with Gasteiger partial charge < -0.3 is 9.88 Å². The van der Waals surface area contributed by atoms with E-state index in [0.717, 1.165) is 54.7 Å². The van der Waals surface area contributed by atoms with Gasteiger partial charge in [-0.1, -0.05) is 12.1 Å². The predicted octanol–water partition coefficient (Wildman–Crippen LogP) is 5.30. The maximum absolute atomic E-state index is 13.8. The van der Waals surface area contributed by atoms with Crippen LogP contribution in [0.5, 0.6) is 0 Å². The highest BCUT2D eigenvalue weighted by molar-refractivity contribution is 5.87. The molecule has 214 valence electrons. The normalized spacial score (nSPS) is 16.4. The number of alkyl halides is 3. The Kier molecular flexibility index (Phi) is 8.02. The second-order valence-corrected chi connectivity index (χ2v) is 9.99. The summed E-state index contributed by atoms with van der Waals surface area (Å²) in [5, 5.41) is 4.02. The van der Waals surface area contributed by atoms with Crippen molar-refractivity contribution in [2.45, 2.75) is 31.5 Å². The third kappa shape index (κ3) is 6.07.